The van der Waals surface area contributed by atoms with Gasteiger partial charge >= 0.3 is 0 Å². The molecular weight excluding hydrogens is 307 g/mol. The maximum absolute atomic E-state index is 12.9. The van der Waals surface area contributed by atoms with Crippen molar-refractivity contribution in [1.29, 1.82) is 0 Å². The summed E-state index contributed by atoms with van der Waals surface area (Å²) >= 11 is 0. The molecule has 1 aliphatic rings. The number of aryl methyl sites for hydroxylation is 1. The van der Waals surface area contributed by atoms with Gasteiger partial charge in [0.15, 0.2) is 0 Å². The molecule has 0 spiro atoms. The topological polar surface area (TPSA) is 49.4 Å². The van der Waals surface area contributed by atoms with E-state index in [0.717, 1.165) is 12.1 Å². The van der Waals surface area contributed by atoms with E-state index in [1.165, 1.54) is 29.8 Å². The Morgan fingerprint density at radius 3 is 2.46 bits per heavy atom. The zero-order valence-electron chi connectivity index (χ0n) is 13.5. The molecule has 4 nitrogen and oxygen atoms in total. The number of amides is 2. The summed E-state index contributed by atoms with van der Waals surface area (Å²) in [7, 11) is 0. The maximum Gasteiger partial charge on any atom is 0.229 e. The number of carbonyl (C=O) groups excluding carboxylic acids is 2. The van der Waals surface area contributed by atoms with Gasteiger partial charge in [0.05, 0.1) is 5.92 Å². The Kier molecular flexibility index (Phi) is 4.60. The molecule has 2 aromatic carbocycles. The van der Waals surface area contributed by atoms with Gasteiger partial charge in [0, 0.05) is 24.3 Å². The predicted molar refractivity (Wildman–Crippen MR) is 91.3 cm³/mol. The van der Waals surface area contributed by atoms with E-state index in [2.05, 4.69) is 12.2 Å². The summed E-state index contributed by atoms with van der Waals surface area (Å²) in [6, 6.07) is 13.4. The van der Waals surface area contributed by atoms with Crippen LogP contribution in [0.4, 0.5) is 15.8 Å². The average Bonchev–Trinajstić information content (AvgIpc) is 2.99. The third kappa shape index (κ3) is 3.45. The van der Waals surface area contributed by atoms with Crippen molar-refractivity contribution >= 4 is 23.2 Å². The van der Waals surface area contributed by atoms with Crippen molar-refractivity contribution in [2.75, 3.05) is 16.8 Å². The van der Waals surface area contributed by atoms with Gasteiger partial charge in [-0.1, -0.05) is 19.1 Å². The zero-order chi connectivity index (χ0) is 17.1. The van der Waals surface area contributed by atoms with E-state index in [-0.39, 0.29) is 24.1 Å². The molecule has 2 amide bonds. The Hall–Kier alpha value is -2.69. The van der Waals surface area contributed by atoms with Crippen molar-refractivity contribution in [2.24, 2.45) is 5.92 Å². The maximum atomic E-state index is 12.9. The van der Waals surface area contributed by atoms with Crippen LogP contribution in [0.2, 0.25) is 0 Å². The minimum atomic E-state index is -0.409. The largest absolute Gasteiger partial charge is 0.326 e. The first-order valence-electron chi connectivity index (χ1n) is 8.02. The van der Waals surface area contributed by atoms with Gasteiger partial charge in [0.1, 0.15) is 5.82 Å². The van der Waals surface area contributed by atoms with E-state index in [1.54, 1.807) is 4.90 Å². The van der Waals surface area contributed by atoms with Crippen molar-refractivity contribution in [2.45, 2.75) is 19.8 Å². The molecule has 1 aliphatic heterocycles. The predicted octanol–water partition coefficient (Wildman–Crippen LogP) is 3.38. The van der Waals surface area contributed by atoms with Crippen molar-refractivity contribution in [3.8, 4) is 0 Å². The standard InChI is InChI=1S/C19H19FN2O2/c1-2-13-3-9-17(10-4-13)22-12-14(11-18(22)23)19(24)21-16-7-5-15(20)6-8-16/h3-10,14H,2,11-12H2,1H3,(H,21,24)/t14-/m1/s1. The third-order valence-electron chi connectivity index (χ3n) is 4.26. The fourth-order valence-electron chi connectivity index (χ4n) is 2.82. The Labute approximate surface area is 140 Å². The van der Waals surface area contributed by atoms with Crippen LogP contribution in [0.25, 0.3) is 0 Å². The lowest BCUT2D eigenvalue weighted by molar-refractivity contribution is -0.122. The van der Waals surface area contributed by atoms with Gasteiger partial charge in [-0.25, -0.2) is 4.39 Å². The number of nitrogens with zero attached hydrogens (tertiary/aromatic N) is 1. The normalized spacial score (nSPS) is 17.2. The molecule has 0 radical (unpaired) electrons. The van der Waals surface area contributed by atoms with Crippen LogP contribution in [0.1, 0.15) is 18.9 Å². The highest BCUT2D eigenvalue weighted by molar-refractivity contribution is 6.03. The zero-order valence-corrected chi connectivity index (χ0v) is 13.5. The van der Waals surface area contributed by atoms with E-state index in [1.807, 2.05) is 24.3 Å². The highest BCUT2D eigenvalue weighted by Gasteiger charge is 2.35. The van der Waals surface area contributed by atoms with Crippen LogP contribution >= 0.6 is 0 Å². The van der Waals surface area contributed by atoms with Crippen LogP contribution in [0.15, 0.2) is 48.5 Å². The second-order valence-electron chi connectivity index (χ2n) is 5.92. The number of hydrogen-bond donors (Lipinski definition) is 1. The van der Waals surface area contributed by atoms with Gasteiger partial charge < -0.3 is 10.2 Å². The van der Waals surface area contributed by atoms with E-state index in [4.69, 9.17) is 0 Å². The highest BCUT2D eigenvalue weighted by Crippen LogP contribution is 2.26. The molecule has 1 N–H and O–H groups in total. The Bertz CT molecular complexity index is 741. The molecule has 24 heavy (non-hydrogen) atoms. The SMILES string of the molecule is CCc1ccc(N2C[C@H](C(=O)Nc3ccc(F)cc3)CC2=O)cc1. The lowest BCUT2D eigenvalue weighted by atomic mass is 10.1. The quantitative estimate of drug-likeness (QED) is 0.936. The monoisotopic (exact) mass is 326 g/mol. The summed E-state index contributed by atoms with van der Waals surface area (Å²) < 4.78 is 12.9. The van der Waals surface area contributed by atoms with Crippen LogP contribution in [0.5, 0.6) is 0 Å². The minimum Gasteiger partial charge on any atom is -0.326 e. The van der Waals surface area contributed by atoms with Crippen LogP contribution in [-0.4, -0.2) is 18.4 Å². The Morgan fingerprint density at radius 1 is 1.17 bits per heavy atom. The fraction of sp³-hybridized carbons (Fsp3) is 0.263. The lowest BCUT2D eigenvalue weighted by Gasteiger charge is -2.17. The number of carbonyl (C=O) groups is 2. The van der Waals surface area contributed by atoms with Gasteiger partial charge in [-0.2, -0.15) is 0 Å². The van der Waals surface area contributed by atoms with Crippen molar-refractivity contribution in [3.63, 3.8) is 0 Å². The summed E-state index contributed by atoms with van der Waals surface area (Å²) in [6.45, 7) is 2.43. The van der Waals surface area contributed by atoms with E-state index in [0.29, 0.717) is 12.2 Å². The van der Waals surface area contributed by atoms with Gasteiger partial charge in [-0.3, -0.25) is 9.59 Å². The Balaban J connectivity index is 1.67. The second kappa shape index (κ2) is 6.83. The Morgan fingerprint density at radius 2 is 1.83 bits per heavy atom. The first-order chi connectivity index (χ1) is 11.6. The number of nitrogens with one attached hydrogen (secondary N) is 1. The van der Waals surface area contributed by atoms with Gasteiger partial charge in [-0.15, -0.1) is 0 Å². The molecule has 0 aromatic heterocycles. The van der Waals surface area contributed by atoms with Crippen molar-refractivity contribution < 1.29 is 14.0 Å². The summed E-state index contributed by atoms with van der Waals surface area (Å²) in [5, 5.41) is 2.74. The molecule has 1 fully saturated rings. The van der Waals surface area contributed by atoms with Crippen LogP contribution in [0, 0.1) is 11.7 Å². The van der Waals surface area contributed by atoms with Crippen molar-refractivity contribution in [3.05, 3.63) is 59.9 Å². The lowest BCUT2D eigenvalue weighted by Crippen LogP contribution is -2.28. The number of rotatable bonds is 4. The van der Waals surface area contributed by atoms with Crippen LogP contribution in [0.3, 0.4) is 0 Å². The number of hydrogen-bond acceptors (Lipinski definition) is 2. The molecule has 2 aromatic rings. The first kappa shape index (κ1) is 16.2. The van der Waals surface area contributed by atoms with Gasteiger partial charge in [-0.05, 0) is 48.4 Å². The summed E-state index contributed by atoms with van der Waals surface area (Å²) in [6.07, 6.45) is 1.12. The molecular formula is C19H19FN2O2. The molecule has 0 unspecified atom stereocenters. The molecule has 1 heterocycles. The van der Waals surface area contributed by atoms with Crippen LogP contribution in [-0.2, 0) is 16.0 Å². The summed E-state index contributed by atoms with van der Waals surface area (Å²) in [5.41, 5.74) is 2.55. The van der Waals surface area contributed by atoms with E-state index < -0.39 is 5.92 Å². The third-order valence-corrected chi connectivity index (χ3v) is 4.26. The van der Waals surface area contributed by atoms with E-state index in [9.17, 15) is 14.0 Å². The molecule has 0 bridgehead atoms. The fourth-order valence-corrected chi connectivity index (χ4v) is 2.82. The average molecular weight is 326 g/mol. The van der Waals surface area contributed by atoms with Crippen molar-refractivity contribution in [1.82, 2.24) is 0 Å². The van der Waals surface area contributed by atoms with Gasteiger partial charge in [0.25, 0.3) is 0 Å². The smallest absolute Gasteiger partial charge is 0.229 e. The summed E-state index contributed by atoms with van der Waals surface area (Å²) in [5.74, 6) is -1.04. The van der Waals surface area contributed by atoms with Crippen LogP contribution < -0.4 is 10.2 Å². The van der Waals surface area contributed by atoms with E-state index >= 15 is 0 Å². The second-order valence-corrected chi connectivity index (χ2v) is 5.92. The molecule has 0 aliphatic carbocycles. The number of halogens is 1. The number of anilines is 2. The molecule has 1 atom stereocenters. The number of benzene rings is 2. The molecule has 3 rings (SSSR count). The molecule has 124 valence electrons. The highest BCUT2D eigenvalue weighted by atomic mass is 19.1. The van der Waals surface area contributed by atoms with Gasteiger partial charge in [0.2, 0.25) is 11.8 Å². The minimum absolute atomic E-state index is 0.0569. The first-order valence-corrected chi connectivity index (χ1v) is 8.02. The summed E-state index contributed by atoms with van der Waals surface area (Å²) in [4.78, 5) is 26.2. The molecule has 0 saturated carbocycles. The molecule has 1 saturated heterocycles. The molecule has 5 heteroatoms.